The number of carbonyl (C=O) groups excluding carboxylic acids is 2. The Kier molecular flexibility index (Phi) is 6.03. The number of rotatable bonds is 6. The highest BCUT2D eigenvalue weighted by molar-refractivity contribution is 7.99. The van der Waals surface area contributed by atoms with Gasteiger partial charge >= 0.3 is 0 Å². The smallest absolute Gasteiger partial charge is 0.254 e. The number of fused-ring (bicyclic) bond motifs is 1. The summed E-state index contributed by atoms with van der Waals surface area (Å²) in [6.07, 6.45) is 0.861. The topological polar surface area (TPSA) is 80.1 Å². The molecular formula is C22H22FN5O2S. The summed E-state index contributed by atoms with van der Waals surface area (Å²) in [7, 11) is 1.78. The summed E-state index contributed by atoms with van der Waals surface area (Å²) in [5.41, 5.74) is 2.13. The fourth-order valence-electron chi connectivity index (χ4n) is 3.61. The van der Waals surface area contributed by atoms with E-state index in [1.165, 1.54) is 35.5 Å². The molecule has 0 radical (unpaired) electrons. The summed E-state index contributed by atoms with van der Waals surface area (Å²) in [5.74, 6) is -0.336. The molecule has 1 aliphatic heterocycles. The van der Waals surface area contributed by atoms with Gasteiger partial charge in [0.2, 0.25) is 5.91 Å². The highest BCUT2D eigenvalue weighted by atomic mass is 32.2. The molecule has 1 N–H and O–H groups in total. The van der Waals surface area contributed by atoms with Crippen molar-refractivity contribution >= 4 is 29.3 Å². The van der Waals surface area contributed by atoms with Gasteiger partial charge in [-0.05, 0) is 37.1 Å². The van der Waals surface area contributed by atoms with Crippen LogP contribution in [0, 0.1) is 5.82 Å². The van der Waals surface area contributed by atoms with Gasteiger partial charge in [-0.1, -0.05) is 42.1 Å². The van der Waals surface area contributed by atoms with Gasteiger partial charge in [0.25, 0.3) is 5.91 Å². The number of nitrogens with one attached hydrogen (secondary N) is 1. The Morgan fingerprint density at radius 1 is 1.16 bits per heavy atom. The SMILES string of the molecule is C[C@@H](NC(=O)c1ccccc1F)c1nnc(SCC(=O)N2CCc3ccccc32)n1C. The molecule has 1 atom stereocenters. The number of halogens is 1. The molecule has 0 fully saturated rings. The first-order valence-electron chi connectivity index (χ1n) is 9.91. The van der Waals surface area contributed by atoms with Crippen molar-refractivity contribution in [2.75, 3.05) is 17.2 Å². The van der Waals surface area contributed by atoms with Crippen LogP contribution in [0.3, 0.4) is 0 Å². The molecule has 160 valence electrons. The van der Waals surface area contributed by atoms with E-state index in [2.05, 4.69) is 15.5 Å². The van der Waals surface area contributed by atoms with Gasteiger partial charge in [-0.3, -0.25) is 9.59 Å². The first-order valence-corrected chi connectivity index (χ1v) is 10.9. The standard InChI is InChI=1S/C22H22FN5O2S/c1-14(24-21(30)16-8-4-5-9-17(16)23)20-25-26-22(27(20)2)31-13-19(29)28-12-11-15-7-3-6-10-18(15)28/h3-10,14H,11-13H2,1-2H3,(H,24,30)/t14-/m1/s1. The number of amides is 2. The van der Waals surface area contributed by atoms with E-state index < -0.39 is 17.8 Å². The zero-order valence-corrected chi connectivity index (χ0v) is 18.0. The van der Waals surface area contributed by atoms with Gasteiger partial charge < -0.3 is 14.8 Å². The summed E-state index contributed by atoms with van der Waals surface area (Å²) in [4.78, 5) is 26.9. The molecule has 0 saturated carbocycles. The van der Waals surface area contributed by atoms with Crippen LogP contribution in [-0.2, 0) is 18.3 Å². The fourth-order valence-corrected chi connectivity index (χ4v) is 4.41. The summed E-state index contributed by atoms with van der Waals surface area (Å²) in [6.45, 7) is 2.44. The number of para-hydroxylation sites is 1. The number of thioether (sulfide) groups is 1. The van der Waals surface area contributed by atoms with Gasteiger partial charge in [0.1, 0.15) is 5.82 Å². The molecule has 0 unspecified atom stereocenters. The zero-order valence-electron chi connectivity index (χ0n) is 17.2. The molecule has 0 spiro atoms. The Morgan fingerprint density at radius 3 is 2.71 bits per heavy atom. The van der Waals surface area contributed by atoms with Crippen LogP contribution in [0.5, 0.6) is 0 Å². The molecule has 9 heteroatoms. The van der Waals surface area contributed by atoms with Crippen LogP contribution in [0.1, 0.15) is 34.7 Å². The Balaban J connectivity index is 1.39. The largest absolute Gasteiger partial charge is 0.342 e. The Morgan fingerprint density at radius 2 is 1.90 bits per heavy atom. The van der Waals surface area contributed by atoms with Crippen molar-refractivity contribution < 1.29 is 14.0 Å². The minimum atomic E-state index is -0.580. The Hall–Kier alpha value is -3.20. The van der Waals surface area contributed by atoms with Gasteiger partial charge in [-0.2, -0.15) is 0 Å². The highest BCUT2D eigenvalue weighted by Gasteiger charge is 2.25. The van der Waals surface area contributed by atoms with Crippen LogP contribution in [0.15, 0.2) is 53.7 Å². The fraction of sp³-hybridized carbons (Fsp3) is 0.273. The minimum absolute atomic E-state index is 0.0143. The van der Waals surface area contributed by atoms with E-state index in [0.717, 1.165) is 12.1 Å². The predicted molar refractivity (Wildman–Crippen MR) is 117 cm³/mol. The third-order valence-electron chi connectivity index (χ3n) is 5.23. The molecule has 3 aromatic rings. The van der Waals surface area contributed by atoms with Crippen molar-refractivity contribution in [3.8, 4) is 0 Å². The number of anilines is 1. The van der Waals surface area contributed by atoms with Crippen molar-refractivity contribution in [3.63, 3.8) is 0 Å². The molecular weight excluding hydrogens is 417 g/mol. The summed E-state index contributed by atoms with van der Waals surface area (Å²) in [6, 6.07) is 13.2. The molecule has 1 aromatic heterocycles. The van der Waals surface area contributed by atoms with Gasteiger partial charge in [0, 0.05) is 19.3 Å². The number of hydrogen-bond donors (Lipinski definition) is 1. The van der Waals surface area contributed by atoms with E-state index in [-0.39, 0.29) is 17.2 Å². The zero-order chi connectivity index (χ0) is 22.0. The van der Waals surface area contributed by atoms with E-state index in [9.17, 15) is 14.0 Å². The summed E-state index contributed by atoms with van der Waals surface area (Å²) >= 11 is 1.30. The molecule has 0 aliphatic carbocycles. The first-order chi connectivity index (χ1) is 15.0. The molecule has 2 heterocycles. The van der Waals surface area contributed by atoms with Crippen molar-refractivity contribution in [1.29, 1.82) is 0 Å². The molecule has 2 amide bonds. The monoisotopic (exact) mass is 439 g/mol. The van der Waals surface area contributed by atoms with E-state index in [1.54, 1.807) is 29.5 Å². The second-order valence-electron chi connectivity index (χ2n) is 7.29. The number of nitrogens with zero attached hydrogens (tertiary/aromatic N) is 4. The van der Waals surface area contributed by atoms with E-state index in [4.69, 9.17) is 0 Å². The maximum absolute atomic E-state index is 13.8. The average Bonchev–Trinajstić information content (AvgIpc) is 3.36. The van der Waals surface area contributed by atoms with Crippen LogP contribution < -0.4 is 10.2 Å². The molecule has 31 heavy (non-hydrogen) atoms. The second-order valence-corrected chi connectivity index (χ2v) is 8.23. The summed E-state index contributed by atoms with van der Waals surface area (Å²) in [5, 5.41) is 11.6. The summed E-state index contributed by atoms with van der Waals surface area (Å²) < 4.78 is 15.6. The predicted octanol–water partition coefficient (Wildman–Crippen LogP) is 3.13. The van der Waals surface area contributed by atoms with Crippen molar-refractivity contribution in [2.24, 2.45) is 7.05 Å². The van der Waals surface area contributed by atoms with Crippen molar-refractivity contribution in [3.05, 3.63) is 71.3 Å². The van der Waals surface area contributed by atoms with Crippen LogP contribution in [0.2, 0.25) is 0 Å². The van der Waals surface area contributed by atoms with E-state index >= 15 is 0 Å². The lowest BCUT2D eigenvalue weighted by Crippen LogP contribution is -2.30. The van der Waals surface area contributed by atoms with Crippen molar-refractivity contribution in [2.45, 2.75) is 24.5 Å². The second kappa shape index (κ2) is 8.89. The molecule has 4 rings (SSSR count). The highest BCUT2D eigenvalue weighted by Crippen LogP contribution is 2.29. The quantitative estimate of drug-likeness (QED) is 0.597. The number of hydrogen-bond acceptors (Lipinski definition) is 5. The third kappa shape index (κ3) is 4.32. The lowest BCUT2D eigenvalue weighted by atomic mass is 10.2. The molecule has 2 aromatic carbocycles. The molecule has 0 bridgehead atoms. The van der Waals surface area contributed by atoms with Crippen LogP contribution in [-0.4, -0.2) is 38.9 Å². The van der Waals surface area contributed by atoms with E-state index in [0.29, 0.717) is 17.5 Å². The maximum atomic E-state index is 13.8. The van der Waals surface area contributed by atoms with Crippen LogP contribution >= 0.6 is 11.8 Å². The van der Waals surface area contributed by atoms with Gasteiger partial charge in [0.05, 0.1) is 17.4 Å². The maximum Gasteiger partial charge on any atom is 0.254 e. The number of benzene rings is 2. The number of carbonyl (C=O) groups is 2. The lowest BCUT2D eigenvalue weighted by Gasteiger charge is -2.17. The van der Waals surface area contributed by atoms with Crippen molar-refractivity contribution in [1.82, 2.24) is 20.1 Å². The Bertz CT molecular complexity index is 1130. The third-order valence-corrected chi connectivity index (χ3v) is 6.24. The van der Waals surface area contributed by atoms with Gasteiger partial charge in [-0.15, -0.1) is 10.2 Å². The molecule has 0 saturated heterocycles. The van der Waals surface area contributed by atoms with Crippen LogP contribution in [0.25, 0.3) is 0 Å². The van der Waals surface area contributed by atoms with E-state index in [1.807, 2.05) is 24.3 Å². The normalized spacial score (nSPS) is 13.7. The molecule has 1 aliphatic rings. The first kappa shape index (κ1) is 21.0. The lowest BCUT2D eigenvalue weighted by molar-refractivity contribution is -0.116. The average molecular weight is 440 g/mol. The number of aromatic nitrogens is 3. The minimum Gasteiger partial charge on any atom is -0.342 e. The van der Waals surface area contributed by atoms with Crippen LogP contribution in [0.4, 0.5) is 10.1 Å². The van der Waals surface area contributed by atoms with Gasteiger partial charge in [-0.25, -0.2) is 4.39 Å². The Labute approximate surface area is 183 Å². The van der Waals surface area contributed by atoms with Gasteiger partial charge in [0.15, 0.2) is 11.0 Å². The molecule has 7 nitrogen and oxygen atoms in total.